The summed E-state index contributed by atoms with van der Waals surface area (Å²) in [5.74, 6) is 1.13. The predicted octanol–water partition coefficient (Wildman–Crippen LogP) is 0.510. The van der Waals surface area contributed by atoms with Gasteiger partial charge in [-0.2, -0.15) is 0 Å². The van der Waals surface area contributed by atoms with Gasteiger partial charge in [-0.25, -0.2) is 23.1 Å². The number of aromatic nitrogens is 2. The van der Waals surface area contributed by atoms with Crippen LogP contribution in [-0.2, 0) is 10.0 Å². The first kappa shape index (κ1) is 22.3. The second kappa shape index (κ2) is 10.5. The molecule has 0 aliphatic carbocycles. The normalized spacial score (nSPS) is 15.2. The van der Waals surface area contributed by atoms with Crippen molar-refractivity contribution in [2.45, 2.75) is 4.90 Å². The van der Waals surface area contributed by atoms with Crippen LogP contribution in [0.15, 0.2) is 58.7 Å². The van der Waals surface area contributed by atoms with Gasteiger partial charge in [0.15, 0.2) is 5.96 Å². The van der Waals surface area contributed by atoms with Crippen LogP contribution in [0.25, 0.3) is 0 Å². The van der Waals surface area contributed by atoms with Crippen LogP contribution in [0.5, 0.6) is 0 Å². The first-order chi connectivity index (χ1) is 13.1. The van der Waals surface area contributed by atoms with Gasteiger partial charge in [0.1, 0.15) is 0 Å². The molecule has 0 bridgehead atoms. The zero-order valence-corrected chi connectivity index (χ0v) is 18.5. The fraction of sp³-hybridized carbons (Fsp3) is 0.353. The van der Waals surface area contributed by atoms with E-state index in [1.54, 1.807) is 48.8 Å². The summed E-state index contributed by atoms with van der Waals surface area (Å²) < 4.78 is 26.8. The molecular weight excluding hydrogens is 493 g/mol. The minimum Gasteiger partial charge on any atom is -0.370 e. The summed E-state index contributed by atoms with van der Waals surface area (Å²) in [4.78, 5) is 17.1. The molecule has 1 aromatic carbocycles. The Hall–Kier alpha value is -1.99. The van der Waals surface area contributed by atoms with Gasteiger partial charge in [-0.3, -0.25) is 4.99 Å². The molecule has 3 N–H and O–H groups in total. The number of guanidine groups is 1. The smallest absolute Gasteiger partial charge is 0.240 e. The van der Waals surface area contributed by atoms with Gasteiger partial charge in [-0.15, -0.1) is 24.0 Å². The molecule has 28 heavy (non-hydrogen) atoms. The molecular formula is C17H24IN7O2S. The van der Waals surface area contributed by atoms with Gasteiger partial charge in [0.05, 0.1) is 11.4 Å². The number of piperazine rings is 1. The van der Waals surface area contributed by atoms with Crippen LogP contribution in [0.4, 0.5) is 5.95 Å². The molecule has 0 amide bonds. The molecule has 0 radical (unpaired) electrons. The molecule has 1 aliphatic heterocycles. The van der Waals surface area contributed by atoms with E-state index in [-0.39, 0.29) is 42.0 Å². The Morgan fingerprint density at radius 2 is 1.71 bits per heavy atom. The van der Waals surface area contributed by atoms with Gasteiger partial charge in [0, 0.05) is 45.1 Å². The summed E-state index contributed by atoms with van der Waals surface area (Å²) >= 11 is 0. The first-order valence-electron chi connectivity index (χ1n) is 8.68. The van der Waals surface area contributed by atoms with Crippen molar-refractivity contribution in [3.63, 3.8) is 0 Å². The maximum absolute atomic E-state index is 12.1. The Labute approximate surface area is 182 Å². The number of nitrogens with two attached hydrogens (primary N) is 1. The Kier molecular flexibility index (Phi) is 8.38. The minimum atomic E-state index is -3.52. The Morgan fingerprint density at radius 3 is 2.36 bits per heavy atom. The van der Waals surface area contributed by atoms with Gasteiger partial charge < -0.3 is 15.5 Å². The monoisotopic (exact) mass is 517 g/mol. The molecule has 11 heteroatoms. The summed E-state index contributed by atoms with van der Waals surface area (Å²) in [6, 6.07) is 10.0. The van der Waals surface area contributed by atoms with E-state index in [0.29, 0.717) is 25.0 Å². The molecule has 0 spiro atoms. The van der Waals surface area contributed by atoms with Gasteiger partial charge in [0.25, 0.3) is 0 Å². The van der Waals surface area contributed by atoms with E-state index in [1.165, 1.54) is 0 Å². The average Bonchev–Trinajstić information content (AvgIpc) is 2.72. The van der Waals surface area contributed by atoms with Crippen molar-refractivity contribution in [1.82, 2.24) is 19.6 Å². The van der Waals surface area contributed by atoms with E-state index >= 15 is 0 Å². The molecule has 1 saturated heterocycles. The molecule has 1 aromatic heterocycles. The maximum atomic E-state index is 12.1. The van der Waals surface area contributed by atoms with Crippen molar-refractivity contribution in [1.29, 1.82) is 0 Å². The third-order valence-corrected chi connectivity index (χ3v) is 5.65. The van der Waals surface area contributed by atoms with Crippen molar-refractivity contribution in [3.8, 4) is 0 Å². The van der Waals surface area contributed by atoms with Gasteiger partial charge in [-0.1, -0.05) is 18.2 Å². The van der Waals surface area contributed by atoms with Crippen LogP contribution in [0.3, 0.4) is 0 Å². The van der Waals surface area contributed by atoms with Crippen molar-refractivity contribution < 1.29 is 8.42 Å². The predicted molar refractivity (Wildman–Crippen MR) is 119 cm³/mol. The number of anilines is 1. The van der Waals surface area contributed by atoms with Gasteiger partial charge >= 0.3 is 0 Å². The molecule has 3 rings (SSSR count). The summed E-state index contributed by atoms with van der Waals surface area (Å²) in [6.45, 7) is 3.39. The summed E-state index contributed by atoms with van der Waals surface area (Å²) in [5.41, 5.74) is 6.04. The average molecular weight is 517 g/mol. The molecule has 152 valence electrons. The number of hydrogen-bond acceptors (Lipinski definition) is 6. The minimum absolute atomic E-state index is 0. The lowest BCUT2D eigenvalue weighted by Crippen LogP contribution is -2.51. The molecule has 0 atom stereocenters. The number of nitrogens with zero attached hydrogens (tertiary/aromatic N) is 5. The van der Waals surface area contributed by atoms with Gasteiger partial charge in [0.2, 0.25) is 16.0 Å². The SMILES string of the molecule is I.NC(=NCCNS(=O)(=O)c1ccccc1)N1CCN(c2ncccn2)CC1. The molecule has 1 aliphatic rings. The molecule has 2 heterocycles. The highest BCUT2D eigenvalue weighted by Gasteiger charge is 2.20. The lowest BCUT2D eigenvalue weighted by atomic mass is 10.3. The van der Waals surface area contributed by atoms with Crippen molar-refractivity contribution in [2.24, 2.45) is 10.7 Å². The highest BCUT2D eigenvalue weighted by molar-refractivity contribution is 14.0. The van der Waals surface area contributed by atoms with Gasteiger partial charge in [-0.05, 0) is 18.2 Å². The molecule has 0 saturated carbocycles. The van der Waals surface area contributed by atoms with Crippen LogP contribution in [0.2, 0.25) is 0 Å². The molecule has 1 fully saturated rings. The zero-order chi connectivity index (χ0) is 19.1. The van der Waals surface area contributed by atoms with E-state index < -0.39 is 10.0 Å². The van der Waals surface area contributed by atoms with Crippen LogP contribution in [-0.4, -0.2) is 68.5 Å². The molecule has 2 aromatic rings. The van der Waals surface area contributed by atoms with Crippen LogP contribution in [0, 0.1) is 0 Å². The Balaban J connectivity index is 0.00000280. The lowest BCUT2D eigenvalue weighted by Gasteiger charge is -2.35. The first-order valence-corrected chi connectivity index (χ1v) is 10.2. The number of hydrogen-bond donors (Lipinski definition) is 2. The number of sulfonamides is 1. The van der Waals surface area contributed by atoms with Crippen molar-refractivity contribution in [2.75, 3.05) is 44.2 Å². The summed E-state index contributed by atoms with van der Waals surface area (Å²) in [5, 5.41) is 0. The number of halogens is 1. The second-order valence-corrected chi connectivity index (χ2v) is 7.74. The zero-order valence-electron chi connectivity index (χ0n) is 15.3. The summed E-state index contributed by atoms with van der Waals surface area (Å²) in [6.07, 6.45) is 3.45. The fourth-order valence-corrected chi connectivity index (χ4v) is 3.77. The van der Waals surface area contributed by atoms with Crippen LogP contribution in [0.1, 0.15) is 0 Å². The number of rotatable bonds is 6. The van der Waals surface area contributed by atoms with Crippen LogP contribution < -0.4 is 15.4 Å². The van der Waals surface area contributed by atoms with Crippen LogP contribution >= 0.6 is 24.0 Å². The van der Waals surface area contributed by atoms with E-state index in [0.717, 1.165) is 13.1 Å². The lowest BCUT2D eigenvalue weighted by molar-refractivity contribution is 0.378. The number of nitrogens with one attached hydrogen (secondary N) is 1. The maximum Gasteiger partial charge on any atom is 0.240 e. The van der Waals surface area contributed by atoms with Crippen molar-refractivity contribution >= 4 is 45.9 Å². The number of aliphatic imine (C=N–C) groups is 1. The highest BCUT2D eigenvalue weighted by Crippen LogP contribution is 2.09. The Bertz CT molecular complexity index is 858. The molecule has 9 nitrogen and oxygen atoms in total. The largest absolute Gasteiger partial charge is 0.370 e. The topological polar surface area (TPSA) is 117 Å². The standard InChI is InChI=1S/C17H23N7O2S.HI/c18-16(19-9-10-22-27(25,26)15-5-2-1-3-6-15)23-11-13-24(14-12-23)17-20-7-4-8-21-17;/h1-8,22H,9-14H2,(H2,18,19);1H. The third-order valence-electron chi connectivity index (χ3n) is 4.17. The van der Waals surface area contributed by atoms with E-state index in [4.69, 9.17) is 5.73 Å². The van der Waals surface area contributed by atoms with E-state index in [2.05, 4.69) is 24.6 Å². The summed E-state index contributed by atoms with van der Waals surface area (Å²) in [7, 11) is -3.52. The van der Waals surface area contributed by atoms with Crippen molar-refractivity contribution in [3.05, 3.63) is 48.8 Å². The molecule has 0 unspecified atom stereocenters. The Morgan fingerprint density at radius 1 is 1.07 bits per heavy atom. The number of benzene rings is 1. The highest BCUT2D eigenvalue weighted by atomic mass is 127. The van der Waals surface area contributed by atoms with E-state index in [1.807, 2.05) is 4.90 Å². The van der Waals surface area contributed by atoms with E-state index in [9.17, 15) is 8.42 Å². The third kappa shape index (κ3) is 6.01. The fourth-order valence-electron chi connectivity index (χ4n) is 2.72. The second-order valence-electron chi connectivity index (χ2n) is 5.97. The quantitative estimate of drug-likeness (QED) is 0.248.